The van der Waals surface area contributed by atoms with Crippen LogP contribution in [0.4, 0.5) is 5.88 Å². The first-order valence-electron chi connectivity index (χ1n) is 9.97. The van der Waals surface area contributed by atoms with Crippen molar-refractivity contribution in [2.24, 2.45) is 0 Å². The molecule has 0 radical (unpaired) electrons. The average Bonchev–Trinajstić information content (AvgIpc) is 3.26. The Labute approximate surface area is 190 Å². The number of methoxy groups -OCH3 is 3. The number of carbonyl (C=O) groups excluding carboxylic acids is 2. The molecule has 1 amide bonds. The number of piperazine rings is 1. The van der Waals surface area contributed by atoms with Crippen molar-refractivity contribution in [3.63, 3.8) is 0 Å². The summed E-state index contributed by atoms with van der Waals surface area (Å²) in [7, 11) is 4.80. The Balaban J connectivity index is 1.55. The van der Waals surface area contributed by atoms with E-state index < -0.39 is 5.91 Å². The lowest BCUT2D eigenvalue weighted by Crippen LogP contribution is -2.65. The zero-order valence-electron chi connectivity index (χ0n) is 18.6. The molecule has 1 fully saturated rings. The van der Waals surface area contributed by atoms with E-state index in [1.54, 1.807) is 32.3 Å². The molecule has 32 heavy (non-hydrogen) atoms. The quantitative estimate of drug-likeness (QED) is 0.502. The minimum absolute atomic E-state index is 0.0195. The van der Waals surface area contributed by atoms with Crippen LogP contribution >= 0.6 is 11.8 Å². The zero-order valence-corrected chi connectivity index (χ0v) is 19.4. The second kappa shape index (κ2) is 11.0. The highest BCUT2D eigenvalue weighted by molar-refractivity contribution is 8.14. The molecule has 12 heteroatoms. The largest absolute Gasteiger partial charge is 0.588 e. The minimum atomic E-state index is -0.442. The molecule has 0 unspecified atom stereocenters. The maximum atomic E-state index is 11.8. The van der Waals surface area contributed by atoms with Crippen LogP contribution in [0.5, 0.6) is 17.2 Å². The molecular weight excluding hydrogens is 438 g/mol. The van der Waals surface area contributed by atoms with E-state index in [-0.39, 0.29) is 16.8 Å². The summed E-state index contributed by atoms with van der Waals surface area (Å²) in [5, 5.41) is 9.64. The smallest absolute Gasteiger partial charge is 0.257 e. The summed E-state index contributed by atoms with van der Waals surface area (Å²) in [5.74, 6) is 1.52. The van der Waals surface area contributed by atoms with Gasteiger partial charge in [0.2, 0.25) is 11.0 Å². The second-order valence-corrected chi connectivity index (χ2v) is 8.12. The fraction of sp³-hybridized carbons (Fsp3) is 0.500. The van der Waals surface area contributed by atoms with E-state index in [2.05, 4.69) is 15.5 Å². The lowest BCUT2D eigenvalue weighted by Gasteiger charge is -2.30. The van der Waals surface area contributed by atoms with Crippen molar-refractivity contribution < 1.29 is 33.1 Å². The summed E-state index contributed by atoms with van der Waals surface area (Å²) in [6.45, 7) is 5.10. The van der Waals surface area contributed by atoms with E-state index in [0.717, 1.165) is 30.4 Å². The van der Waals surface area contributed by atoms with Crippen LogP contribution in [-0.4, -0.2) is 74.5 Å². The van der Waals surface area contributed by atoms with Crippen LogP contribution in [0.3, 0.4) is 0 Å². The third kappa shape index (κ3) is 5.82. The molecule has 0 N–H and O–H groups in total. The maximum Gasteiger partial charge on any atom is 0.257 e. The van der Waals surface area contributed by atoms with Crippen LogP contribution in [-0.2, 0) is 16.1 Å². The highest BCUT2D eigenvalue weighted by Gasteiger charge is 2.26. The summed E-state index contributed by atoms with van der Waals surface area (Å²) in [6.07, 6.45) is 1.56. The Bertz CT molecular complexity index is 945. The number of hydrogen-bond acceptors (Lipinski definition) is 10. The molecule has 1 aromatic carbocycles. The standard InChI is InChI=1S/C20H27N5O6S/c1-14(26)32-13-17(27)21-18-12-25(22-31-18)24-9-7-23(8-10-24)11-15-5-6-16(28-2)20(30-4)19(15)29-3/h5-6,12H,7-11,13H2,1-4H3. The van der Waals surface area contributed by atoms with Crippen molar-refractivity contribution in [3.8, 4) is 17.2 Å². The molecule has 0 spiro atoms. The molecule has 3 rings (SSSR count). The summed E-state index contributed by atoms with van der Waals surface area (Å²) < 4.78 is 21.5. The highest BCUT2D eigenvalue weighted by atomic mass is 32.2. The number of amides is 1. The van der Waals surface area contributed by atoms with Crippen molar-refractivity contribution in [2.45, 2.75) is 13.5 Å². The fourth-order valence-corrected chi connectivity index (χ4v) is 3.75. The molecule has 2 aromatic rings. The van der Waals surface area contributed by atoms with Crippen LogP contribution in [0.15, 0.2) is 22.9 Å². The predicted octanol–water partition coefficient (Wildman–Crippen LogP) is 1.25. The second-order valence-electron chi connectivity index (χ2n) is 6.97. The molecule has 1 aliphatic heterocycles. The molecule has 11 nitrogen and oxygen atoms in total. The molecule has 174 valence electrons. The van der Waals surface area contributed by atoms with Gasteiger partial charge in [0.05, 0.1) is 45.1 Å². The third-order valence-electron chi connectivity index (χ3n) is 4.90. The molecule has 0 bridgehead atoms. The minimum Gasteiger partial charge on any atom is -0.588 e. The molecular formula is C20H27N5O6S. The van der Waals surface area contributed by atoms with E-state index in [1.807, 2.05) is 17.1 Å². The van der Waals surface area contributed by atoms with Crippen molar-refractivity contribution in [1.29, 1.82) is 0 Å². The van der Waals surface area contributed by atoms with Gasteiger partial charge in [0.15, 0.2) is 16.6 Å². The Morgan fingerprint density at radius 2 is 1.84 bits per heavy atom. The van der Waals surface area contributed by atoms with Gasteiger partial charge in [0.1, 0.15) is 5.88 Å². The van der Waals surface area contributed by atoms with E-state index in [9.17, 15) is 9.59 Å². The Hall–Kier alpha value is -2.99. The molecule has 2 heterocycles. The highest BCUT2D eigenvalue weighted by Crippen LogP contribution is 2.40. The van der Waals surface area contributed by atoms with E-state index in [1.165, 1.54) is 6.92 Å². The number of rotatable bonds is 9. The number of benzene rings is 1. The van der Waals surface area contributed by atoms with Gasteiger partial charge in [-0.3, -0.25) is 9.69 Å². The van der Waals surface area contributed by atoms with Crippen LogP contribution in [0.25, 0.3) is 5.32 Å². The van der Waals surface area contributed by atoms with Crippen molar-refractivity contribution in [1.82, 2.24) is 10.2 Å². The van der Waals surface area contributed by atoms with Gasteiger partial charge in [-0.25, -0.2) is 0 Å². The van der Waals surface area contributed by atoms with Crippen LogP contribution in [0.2, 0.25) is 0 Å². The number of carbonyl (C=O) groups is 2. The fourth-order valence-electron chi connectivity index (χ4n) is 3.36. The van der Waals surface area contributed by atoms with Gasteiger partial charge in [0, 0.05) is 37.9 Å². The van der Waals surface area contributed by atoms with Crippen LogP contribution in [0, 0.1) is 0 Å². The number of aromatic nitrogens is 2. The summed E-state index contributed by atoms with van der Waals surface area (Å²) in [6, 6.07) is 3.85. The first-order valence-corrected chi connectivity index (χ1v) is 11.0. The first kappa shape index (κ1) is 23.7. The average molecular weight is 466 g/mol. The summed E-state index contributed by atoms with van der Waals surface area (Å²) >= 11 is 0.910. The third-order valence-corrected chi connectivity index (χ3v) is 5.69. The van der Waals surface area contributed by atoms with E-state index in [0.29, 0.717) is 36.9 Å². The topological polar surface area (TPSA) is 112 Å². The van der Waals surface area contributed by atoms with Gasteiger partial charge in [-0.05, 0) is 6.07 Å². The van der Waals surface area contributed by atoms with Crippen molar-refractivity contribution in [2.75, 3.05) is 58.3 Å². The molecule has 1 aromatic heterocycles. The monoisotopic (exact) mass is 465 g/mol. The van der Waals surface area contributed by atoms with Gasteiger partial charge in [-0.15, -0.1) is 0 Å². The SMILES string of the molecule is COc1ccc(CN2CCN([n+]3cc([N-]C(=O)CSC(C)=O)on3)CC2)c(OC)c1OC. The number of nitrogens with zero attached hydrogens (tertiary/aromatic N) is 5. The van der Waals surface area contributed by atoms with Gasteiger partial charge in [0.25, 0.3) is 6.20 Å². The predicted molar refractivity (Wildman–Crippen MR) is 117 cm³/mol. The molecule has 0 atom stereocenters. The lowest BCUT2D eigenvalue weighted by atomic mass is 10.1. The number of ether oxygens (including phenoxy) is 3. The lowest BCUT2D eigenvalue weighted by molar-refractivity contribution is -0.759. The van der Waals surface area contributed by atoms with Gasteiger partial charge < -0.3 is 28.8 Å². The first-order chi connectivity index (χ1) is 15.4. The number of thioether (sulfide) groups is 1. The molecule has 0 saturated carbocycles. The Morgan fingerprint density at radius 3 is 2.47 bits per heavy atom. The number of hydrogen-bond donors (Lipinski definition) is 0. The molecule has 0 aliphatic carbocycles. The van der Waals surface area contributed by atoms with Crippen LogP contribution in [0.1, 0.15) is 12.5 Å². The normalized spacial score (nSPS) is 14.2. The molecule has 1 saturated heterocycles. The van der Waals surface area contributed by atoms with E-state index >= 15 is 0 Å². The van der Waals surface area contributed by atoms with Gasteiger partial charge in [-0.2, -0.15) is 5.01 Å². The van der Waals surface area contributed by atoms with Crippen molar-refractivity contribution in [3.05, 3.63) is 29.2 Å². The molecule has 1 aliphatic rings. The van der Waals surface area contributed by atoms with Gasteiger partial charge >= 0.3 is 0 Å². The Kier molecular flexibility index (Phi) is 8.17. The summed E-state index contributed by atoms with van der Waals surface area (Å²) in [4.78, 5) is 26.6. The zero-order chi connectivity index (χ0) is 23.1. The van der Waals surface area contributed by atoms with E-state index in [4.69, 9.17) is 18.7 Å². The summed E-state index contributed by atoms with van der Waals surface area (Å²) in [5.41, 5.74) is 1.01. The Morgan fingerprint density at radius 1 is 1.12 bits per heavy atom. The van der Waals surface area contributed by atoms with Crippen LogP contribution < -0.4 is 24.0 Å². The van der Waals surface area contributed by atoms with Gasteiger partial charge in [-0.1, -0.05) is 17.8 Å². The van der Waals surface area contributed by atoms with Crippen molar-refractivity contribution >= 4 is 28.7 Å². The maximum absolute atomic E-state index is 11.8.